The van der Waals surface area contributed by atoms with Crippen LogP contribution < -0.4 is 4.74 Å². The van der Waals surface area contributed by atoms with Gasteiger partial charge in [0.1, 0.15) is 10.8 Å². The van der Waals surface area contributed by atoms with Crippen LogP contribution in [0.5, 0.6) is 5.75 Å². The molecule has 1 unspecified atom stereocenters. The number of carbonyl (C=O) groups is 1. The molecule has 0 bridgehead atoms. The molecule has 4 rings (SSSR count). The largest absolute Gasteiger partial charge is 0.493 e. The van der Waals surface area contributed by atoms with Crippen molar-refractivity contribution in [3.05, 3.63) is 58.7 Å². The summed E-state index contributed by atoms with van der Waals surface area (Å²) >= 11 is 2.96. The fourth-order valence-corrected chi connectivity index (χ4v) is 4.27. The lowest BCUT2D eigenvalue weighted by Gasteiger charge is -2.08. The Bertz CT molecular complexity index is 1120. The van der Waals surface area contributed by atoms with Crippen molar-refractivity contribution in [3.63, 3.8) is 0 Å². The van der Waals surface area contributed by atoms with E-state index in [1.807, 2.05) is 54.1 Å². The van der Waals surface area contributed by atoms with Crippen molar-refractivity contribution in [2.45, 2.75) is 26.4 Å². The van der Waals surface area contributed by atoms with Crippen LogP contribution in [0, 0.1) is 0 Å². The second kappa shape index (κ2) is 9.19. The number of nitrogens with zero attached hydrogens (tertiary/aromatic N) is 3. The van der Waals surface area contributed by atoms with Crippen LogP contribution in [0.1, 0.15) is 31.5 Å². The van der Waals surface area contributed by atoms with Gasteiger partial charge in [-0.25, -0.2) is 4.98 Å². The monoisotopic (exact) mass is 441 g/mol. The van der Waals surface area contributed by atoms with E-state index in [1.54, 1.807) is 6.92 Å². The van der Waals surface area contributed by atoms with Crippen molar-refractivity contribution < 1.29 is 18.7 Å². The molecule has 0 aliphatic heterocycles. The molecule has 0 saturated carbocycles. The maximum Gasteiger partial charge on any atom is 0.312 e. The number of benzene rings is 1. The lowest BCUT2D eigenvalue weighted by Crippen LogP contribution is -2.12. The van der Waals surface area contributed by atoms with Crippen molar-refractivity contribution in [1.82, 2.24) is 15.2 Å². The molecule has 4 aromatic rings. The number of hydrogen-bond donors (Lipinski definition) is 0. The topological polar surface area (TPSA) is 87.3 Å². The quantitative estimate of drug-likeness (QED) is 0.349. The summed E-state index contributed by atoms with van der Waals surface area (Å²) in [6.07, 6.45) is -0.584. The molecule has 0 aliphatic carbocycles. The van der Waals surface area contributed by atoms with Gasteiger partial charge in [0, 0.05) is 5.38 Å². The molecule has 3 heterocycles. The van der Waals surface area contributed by atoms with Crippen LogP contribution in [0.2, 0.25) is 0 Å². The minimum absolute atomic E-state index is 0.0591. The van der Waals surface area contributed by atoms with Gasteiger partial charge in [0.2, 0.25) is 0 Å². The maximum atomic E-state index is 12.4. The number of thiazole rings is 1. The number of ether oxygens (including phenoxy) is 2. The summed E-state index contributed by atoms with van der Waals surface area (Å²) in [5.74, 6) is 1.04. The molecular formula is C21H19N3O4S2. The average Bonchev–Trinajstić information content (AvgIpc) is 3.49. The van der Waals surface area contributed by atoms with Crippen LogP contribution in [0.3, 0.4) is 0 Å². The van der Waals surface area contributed by atoms with Crippen molar-refractivity contribution in [2.24, 2.45) is 0 Å². The summed E-state index contributed by atoms with van der Waals surface area (Å²) in [4.78, 5) is 17.8. The Kier molecular flexibility index (Phi) is 6.20. The first kappa shape index (κ1) is 20.2. The van der Waals surface area contributed by atoms with Gasteiger partial charge in [0.05, 0.1) is 29.2 Å². The highest BCUT2D eigenvalue weighted by Crippen LogP contribution is 2.32. The van der Waals surface area contributed by atoms with Crippen molar-refractivity contribution in [1.29, 1.82) is 0 Å². The number of rotatable bonds is 8. The van der Waals surface area contributed by atoms with E-state index in [4.69, 9.17) is 13.9 Å². The van der Waals surface area contributed by atoms with Gasteiger partial charge in [0.15, 0.2) is 6.10 Å². The second-order valence-electron chi connectivity index (χ2n) is 6.30. The maximum absolute atomic E-state index is 12.4. The zero-order valence-corrected chi connectivity index (χ0v) is 18.0. The molecule has 1 atom stereocenters. The van der Waals surface area contributed by atoms with Crippen molar-refractivity contribution in [3.8, 4) is 27.1 Å². The lowest BCUT2D eigenvalue weighted by molar-refractivity contribution is -0.148. The van der Waals surface area contributed by atoms with E-state index in [9.17, 15) is 4.79 Å². The zero-order valence-electron chi connectivity index (χ0n) is 16.4. The van der Waals surface area contributed by atoms with Crippen molar-refractivity contribution >= 4 is 28.6 Å². The van der Waals surface area contributed by atoms with E-state index in [-0.39, 0.29) is 12.3 Å². The summed E-state index contributed by atoms with van der Waals surface area (Å²) in [6.45, 7) is 4.21. The molecule has 9 heteroatoms. The molecule has 154 valence electrons. The van der Waals surface area contributed by atoms with E-state index in [0.29, 0.717) is 18.2 Å². The molecule has 0 N–H and O–H groups in total. The molecule has 0 radical (unpaired) electrons. The van der Waals surface area contributed by atoms with Crippen LogP contribution in [0.4, 0.5) is 0 Å². The minimum atomic E-state index is -0.643. The Balaban J connectivity index is 1.39. The fraction of sp³-hybridized carbons (Fsp3) is 0.238. The highest BCUT2D eigenvalue weighted by Gasteiger charge is 2.20. The lowest BCUT2D eigenvalue weighted by atomic mass is 10.2. The van der Waals surface area contributed by atoms with Crippen LogP contribution in [-0.4, -0.2) is 27.8 Å². The number of para-hydroxylation sites is 1. The average molecular weight is 442 g/mol. The van der Waals surface area contributed by atoms with Crippen molar-refractivity contribution in [2.75, 3.05) is 6.61 Å². The highest BCUT2D eigenvalue weighted by atomic mass is 32.1. The van der Waals surface area contributed by atoms with Crippen LogP contribution in [0.25, 0.3) is 21.3 Å². The summed E-state index contributed by atoms with van der Waals surface area (Å²) in [7, 11) is 0. The molecule has 0 aliphatic rings. The normalized spacial score (nSPS) is 11.9. The Morgan fingerprint density at radius 3 is 2.83 bits per heavy atom. The number of esters is 1. The molecule has 3 aromatic heterocycles. The van der Waals surface area contributed by atoms with E-state index in [2.05, 4.69) is 15.2 Å². The van der Waals surface area contributed by atoms with Gasteiger partial charge in [-0.1, -0.05) is 18.2 Å². The van der Waals surface area contributed by atoms with Crippen LogP contribution >= 0.6 is 22.7 Å². The number of aromatic nitrogens is 3. The summed E-state index contributed by atoms with van der Waals surface area (Å²) in [6, 6.07) is 11.5. The molecule has 0 spiro atoms. The molecule has 30 heavy (non-hydrogen) atoms. The highest BCUT2D eigenvalue weighted by molar-refractivity contribution is 7.13. The Morgan fingerprint density at radius 2 is 2.03 bits per heavy atom. The van der Waals surface area contributed by atoms with Gasteiger partial charge < -0.3 is 13.9 Å². The van der Waals surface area contributed by atoms with E-state index >= 15 is 0 Å². The summed E-state index contributed by atoms with van der Waals surface area (Å²) in [5, 5.41) is 12.6. The molecule has 7 nitrogen and oxygen atoms in total. The first-order valence-corrected chi connectivity index (χ1v) is 11.1. The van der Waals surface area contributed by atoms with Gasteiger partial charge in [-0.05, 0) is 37.4 Å². The Morgan fingerprint density at radius 1 is 1.17 bits per heavy atom. The SMILES string of the molecule is CCOc1ccccc1-c1nc(CC(=O)OC(C)c2nnc(-c3cccs3)o2)cs1. The van der Waals surface area contributed by atoms with Gasteiger partial charge in [-0.3, -0.25) is 4.79 Å². The molecule has 0 saturated heterocycles. The third-order valence-corrected chi connectivity index (χ3v) is 5.91. The third kappa shape index (κ3) is 4.58. The molecule has 0 amide bonds. The third-order valence-electron chi connectivity index (χ3n) is 4.12. The first-order chi connectivity index (χ1) is 14.6. The van der Waals surface area contributed by atoms with E-state index < -0.39 is 12.1 Å². The summed E-state index contributed by atoms with van der Waals surface area (Å²) in [5.41, 5.74) is 1.55. The standard InChI is InChI=1S/C21H19N3O4S2/c1-3-26-16-8-5-4-7-15(16)21-22-14(12-30-21)11-18(25)27-13(2)19-23-24-20(28-19)17-9-6-10-29-17/h4-10,12-13H,3,11H2,1-2H3. The predicted molar refractivity (Wildman–Crippen MR) is 115 cm³/mol. The van der Waals surface area contributed by atoms with E-state index in [1.165, 1.54) is 22.7 Å². The molecule has 1 aromatic carbocycles. The Hall–Kier alpha value is -3.04. The Labute approximate surface area is 181 Å². The van der Waals surface area contributed by atoms with Crippen LogP contribution in [-0.2, 0) is 16.0 Å². The van der Waals surface area contributed by atoms with Gasteiger partial charge in [-0.15, -0.1) is 32.9 Å². The zero-order chi connectivity index (χ0) is 20.9. The number of carbonyl (C=O) groups excluding carboxylic acids is 1. The van der Waals surface area contributed by atoms with Crippen LogP contribution in [0.15, 0.2) is 51.6 Å². The fourth-order valence-electron chi connectivity index (χ4n) is 2.77. The van der Waals surface area contributed by atoms with Gasteiger partial charge >= 0.3 is 5.97 Å². The second-order valence-corrected chi connectivity index (χ2v) is 8.11. The van der Waals surface area contributed by atoms with E-state index in [0.717, 1.165) is 21.2 Å². The number of thiophene rings is 1. The smallest absolute Gasteiger partial charge is 0.312 e. The number of hydrogen-bond acceptors (Lipinski definition) is 9. The minimum Gasteiger partial charge on any atom is -0.493 e. The van der Waals surface area contributed by atoms with Gasteiger partial charge in [-0.2, -0.15) is 0 Å². The first-order valence-electron chi connectivity index (χ1n) is 9.37. The van der Waals surface area contributed by atoms with Gasteiger partial charge in [0.25, 0.3) is 11.8 Å². The molecule has 0 fully saturated rings. The summed E-state index contributed by atoms with van der Waals surface area (Å²) < 4.78 is 16.7. The molecular weight excluding hydrogens is 422 g/mol. The predicted octanol–water partition coefficient (Wildman–Crippen LogP) is 5.17.